The molecule has 2 unspecified atom stereocenters. The normalized spacial score (nSPS) is 16.0. The molecule has 7 nitrogen and oxygen atoms in total. The Kier molecular flexibility index (Phi) is 11.1. The Morgan fingerprint density at radius 2 is 1.30 bits per heavy atom. The molecule has 2 atom stereocenters. The van der Waals surface area contributed by atoms with Crippen LogP contribution in [-0.2, 0) is 14.3 Å². The molecule has 0 amide bonds. The van der Waals surface area contributed by atoms with E-state index >= 15 is 0 Å². The third kappa shape index (κ3) is 5.84. The van der Waals surface area contributed by atoms with Crippen LogP contribution in [0.5, 0.6) is 0 Å². The number of rotatable bonds is 8. The third-order valence-electron chi connectivity index (χ3n) is 2.43. The monoisotopic (exact) mass is 314 g/mol. The molecule has 8 heteroatoms. The van der Waals surface area contributed by atoms with Crippen molar-refractivity contribution in [3.8, 4) is 0 Å². The van der Waals surface area contributed by atoms with E-state index in [1.807, 2.05) is 0 Å². The van der Waals surface area contributed by atoms with E-state index in [0.717, 1.165) is 12.2 Å². The Hall–Kier alpha value is 0.0964. The number of ether oxygens (including phenoxy) is 1. The van der Waals surface area contributed by atoms with Gasteiger partial charge in [-0.2, -0.15) is 0 Å². The molecule has 0 fully saturated rings. The van der Waals surface area contributed by atoms with Crippen LogP contribution >= 0.6 is 0 Å². The maximum atomic E-state index is 11.5. The second-order valence-electron chi connectivity index (χ2n) is 4.04. The topological polar surface area (TPSA) is 124 Å². The first-order valence-corrected chi connectivity index (χ1v) is 5.44. The van der Waals surface area contributed by atoms with Gasteiger partial charge in [0.25, 0.3) is 0 Å². The Morgan fingerprint density at radius 3 is 1.50 bits per heavy atom. The summed E-state index contributed by atoms with van der Waals surface area (Å²) in [6, 6.07) is 0. The van der Waals surface area contributed by atoms with Crippen LogP contribution in [0, 0.1) is 0 Å². The van der Waals surface area contributed by atoms with Gasteiger partial charge in [-0.05, 0) is 0 Å². The minimum Gasteiger partial charge on any atom is -1.00 e. The van der Waals surface area contributed by atoms with Crippen molar-refractivity contribution in [3.05, 3.63) is 25.3 Å². The number of hydrogen-bond acceptors (Lipinski definition) is 7. The molecule has 0 saturated heterocycles. The number of aliphatic hydroxyl groups excluding tert-OH is 2. The summed E-state index contributed by atoms with van der Waals surface area (Å²) >= 11 is 0. The van der Waals surface area contributed by atoms with Crippen LogP contribution in [0.2, 0.25) is 0 Å². The molecule has 0 radical (unpaired) electrons. The first-order chi connectivity index (χ1) is 8.79. The average molecular weight is 314 g/mol. The first-order valence-electron chi connectivity index (χ1n) is 5.44. The van der Waals surface area contributed by atoms with Crippen molar-refractivity contribution >= 4 is 11.9 Å². The predicted molar refractivity (Wildman–Crippen MR) is 65.9 cm³/mol. The molecule has 0 saturated carbocycles. The van der Waals surface area contributed by atoms with E-state index < -0.39 is 36.4 Å². The Balaban J connectivity index is -0.00000162. The minimum absolute atomic E-state index is 0. The number of carbonyl (C=O) groups excluding carboxylic acids is 2. The fraction of sp³-hybridized carbons (Fsp3) is 0.500. The zero-order valence-corrected chi connectivity index (χ0v) is 14.5. The summed E-state index contributed by atoms with van der Waals surface area (Å²) in [4.78, 5) is 23.1. The van der Waals surface area contributed by atoms with E-state index in [1.165, 1.54) is 0 Å². The molecule has 0 aliphatic rings. The van der Waals surface area contributed by atoms with Gasteiger partial charge in [-0.1, -0.05) is 12.2 Å². The number of aliphatic hydroxyl groups is 4. The van der Waals surface area contributed by atoms with Crippen LogP contribution in [0.1, 0.15) is 14.3 Å². The maximum absolute atomic E-state index is 11.5. The van der Waals surface area contributed by atoms with Crippen molar-refractivity contribution < 1.29 is 87.6 Å². The van der Waals surface area contributed by atoms with Gasteiger partial charge in [0, 0.05) is 12.8 Å². The van der Waals surface area contributed by atoms with Gasteiger partial charge < -0.3 is 26.6 Å². The summed E-state index contributed by atoms with van der Waals surface area (Å²) in [5.41, 5.74) is -4.64. The Labute approximate surface area is 160 Å². The molecule has 0 spiro atoms. The van der Waals surface area contributed by atoms with Gasteiger partial charge in [-0.15, -0.1) is 13.2 Å². The number of hydrogen-bond donors (Lipinski definition) is 4. The summed E-state index contributed by atoms with van der Waals surface area (Å²) < 4.78 is 4.27. The van der Waals surface area contributed by atoms with Crippen LogP contribution in [0.15, 0.2) is 25.3 Å². The zero-order chi connectivity index (χ0) is 15.1. The zero-order valence-electron chi connectivity index (χ0n) is 12.4. The smallest absolute Gasteiger partial charge is 1.00 e. The van der Waals surface area contributed by atoms with E-state index in [9.17, 15) is 19.8 Å². The van der Waals surface area contributed by atoms with Crippen LogP contribution < -0.4 is 51.4 Å². The quantitative estimate of drug-likeness (QED) is 0.155. The molecule has 0 rings (SSSR count). The van der Waals surface area contributed by atoms with Crippen LogP contribution in [0.3, 0.4) is 0 Å². The standard InChI is InChI=1S/C12H18O7.K.H/c1-3-5-11(17,7-13)9(15)19-10(16)12(18,8-14)6-4-2;;/h3-4,13-14,17-18H,1-2,5-8H2;;/q;+1;-1. The van der Waals surface area contributed by atoms with Crippen molar-refractivity contribution in [1.29, 1.82) is 0 Å². The van der Waals surface area contributed by atoms with Crippen molar-refractivity contribution in [1.82, 2.24) is 0 Å². The number of carbonyl (C=O) groups is 2. The predicted octanol–water partition coefficient (Wildman–Crippen LogP) is -4.23. The van der Waals surface area contributed by atoms with Gasteiger partial charge in [0.15, 0.2) is 11.2 Å². The fourth-order valence-electron chi connectivity index (χ4n) is 1.18. The van der Waals surface area contributed by atoms with Gasteiger partial charge in [0.1, 0.15) is 0 Å². The third-order valence-corrected chi connectivity index (χ3v) is 2.43. The van der Waals surface area contributed by atoms with Crippen LogP contribution in [0.25, 0.3) is 0 Å². The molecule has 0 heterocycles. The summed E-state index contributed by atoms with van der Waals surface area (Å²) in [6.45, 7) is 4.60. The van der Waals surface area contributed by atoms with Crippen molar-refractivity contribution in [2.45, 2.75) is 24.0 Å². The van der Waals surface area contributed by atoms with Crippen LogP contribution in [-0.4, -0.2) is 56.8 Å². The Bertz CT molecular complexity index is 343. The minimum atomic E-state index is -2.32. The van der Waals surface area contributed by atoms with E-state index in [4.69, 9.17) is 10.2 Å². The molecule has 0 aromatic carbocycles. The largest absolute Gasteiger partial charge is 1.00 e. The fourth-order valence-corrected chi connectivity index (χ4v) is 1.18. The van der Waals surface area contributed by atoms with Crippen molar-refractivity contribution in [2.24, 2.45) is 0 Å². The molecule has 0 aliphatic carbocycles. The summed E-state index contributed by atoms with van der Waals surface area (Å²) in [5.74, 6) is -2.87. The second-order valence-corrected chi connectivity index (χ2v) is 4.04. The van der Waals surface area contributed by atoms with Gasteiger partial charge in [-0.3, -0.25) is 0 Å². The number of esters is 2. The van der Waals surface area contributed by atoms with E-state index in [1.54, 1.807) is 0 Å². The van der Waals surface area contributed by atoms with E-state index in [2.05, 4.69) is 17.9 Å². The van der Waals surface area contributed by atoms with E-state index in [-0.39, 0.29) is 65.7 Å². The van der Waals surface area contributed by atoms with Crippen molar-refractivity contribution in [2.75, 3.05) is 13.2 Å². The summed E-state index contributed by atoms with van der Waals surface area (Å²) in [6.07, 6.45) is 1.64. The van der Waals surface area contributed by atoms with Gasteiger partial charge in [0.05, 0.1) is 13.2 Å². The molecule has 0 aromatic rings. The van der Waals surface area contributed by atoms with Gasteiger partial charge >= 0.3 is 63.3 Å². The van der Waals surface area contributed by atoms with Gasteiger partial charge in [0.2, 0.25) is 0 Å². The summed E-state index contributed by atoms with van der Waals surface area (Å²) in [7, 11) is 0. The average Bonchev–Trinajstić information content (AvgIpc) is 2.38. The Morgan fingerprint density at radius 1 is 1.00 bits per heavy atom. The second kappa shape index (κ2) is 9.93. The summed E-state index contributed by atoms with van der Waals surface area (Å²) in [5, 5.41) is 37.2. The molecular weight excluding hydrogens is 295 g/mol. The molecule has 0 bridgehead atoms. The molecule has 20 heavy (non-hydrogen) atoms. The maximum Gasteiger partial charge on any atom is 1.00 e. The molecule has 0 aromatic heterocycles. The van der Waals surface area contributed by atoms with Crippen LogP contribution in [0.4, 0.5) is 0 Å². The SMILES string of the molecule is C=CCC(O)(CO)C(=O)OC(=O)C(O)(CO)CC=C.[H-].[K+]. The van der Waals surface area contributed by atoms with E-state index in [0.29, 0.717) is 0 Å². The van der Waals surface area contributed by atoms with Gasteiger partial charge in [-0.25, -0.2) is 9.59 Å². The molecule has 4 N–H and O–H groups in total. The van der Waals surface area contributed by atoms with Crippen molar-refractivity contribution in [3.63, 3.8) is 0 Å². The molecular formula is C12H19KO7. The molecule has 110 valence electrons. The first kappa shape index (κ1) is 22.4. The molecule has 0 aliphatic heterocycles.